The molecule has 1 aromatic rings. The molecule has 1 unspecified atom stereocenters. The molecule has 0 aliphatic heterocycles. The van der Waals surface area contributed by atoms with E-state index < -0.39 is 35.7 Å². The molecule has 176 valence electrons. The zero-order chi connectivity index (χ0) is 24.5. The van der Waals surface area contributed by atoms with Gasteiger partial charge >= 0.3 is 12.1 Å². The van der Waals surface area contributed by atoms with Crippen LogP contribution in [0.25, 0.3) is 5.57 Å². The molecule has 1 rings (SSSR count). The van der Waals surface area contributed by atoms with Gasteiger partial charge in [0.1, 0.15) is 11.4 Å². The predicted octanol–water partition coefficient (Wildman–Crippen LogP) is 5.10. The molecule has 2 atom stereocenters. The normalized spacial score (nSPS) is 15.5. The number of carbonyl (C=O) groups excluding carboxylic acids is 1. The Bertz CT molecular complexity index is 885. The maximum atomic E-state index is 14.0. The number of alkyl carbamates (subject to hydrolysis) is 1. The van der Waals surface area contributed by atoms with E-state index in [1.165, 1.54) is 13.0 Å². The first-order chi connectivity index (χ1) is 14.8. The van der Waals surface area contributed by atoms with Crippen molar-refractivity contribution in [3.8, 4) is 0 Å². The second-order valence-electron chi connectivity index (χ2n) is 9.05. The Morgan fingerprint density at radius 1 is 1.22 bits per heavy atom. The standard InChI is InChI=1S/C25H34FNO5/c1-7-18(13-12-17(2)20-10-8-9-11-21(20)26)14-19(15-25(6,16-28)22(29)30)27-23(31)32-24(3,4)5/h7-13,19,28H,1,14-16H2,2-6H3,(H,27,31)(H,29,30)/b17-12+,18-13+/t19-,25?/m1/s1. The van der Waals surface area contributed by atoms with Crippen molar-refractivity contribution in [2.24, 2.45) is 5.41 Å². The number of carboxylic acid groups (broad SMARTS) is 1. The Morgan fingerprint density at radius 2 is 1.84 bits per heavy atom. The Kier molecular flexibility index (Phi) is 9.84. The number of benzene rings is 1. The number of carbonyl (C=O) groups is 2. The number of allylic oxidation sites excluding steroid dienone is 4. The number of amides is 1. The summed E-state index contributed by atoms with van der Waals surface area (Å²) >= 11 is 0. The van der Waals surface area contributed by atoms with Crippen molar-refractivity contribution in [1.82, 2.24) is 5.32 Å². The van der Waals surface area contributed by atoms with Crippen molar-refractivity contribution in [1.29, 1.82) is 0 Å². The zero-order valence-corrected chi connectivity index (χ0v) is 19.4. The lowest BCUT2D eigenvalue weighted by Gasteiger charge is -2.29. The summed E-state index contributed by atoms with van der Waals surface area (Å²) in [6.45, 7) is 11.6. The minimum atomic E-state index is -1.45. The highest BCUT2D eigenvalue weighted by Gasteiger charge is 2.36. The molecule has 0 heterocycles. The Hall–Kier alpha value is -2.93. The van der Waals surface area contributed by atoms with Crippen LogP contribution in [0, 0.1) is 11.2 Å². The SMILES string of the molecule is C=C/C(=C\C=C(/C)c1ccccc1F)C[C@H](CC(C)(CO)C(=O)O)NC(=O)OC(C)(C)C. The first-order valence-corrected chi connectivity index (χ1v) is 10.4. The highest BCUT2D eigenvalue weighted by molar-refractivity contribution is 5.74. The fourth-order valence-electron chi connectivity index (χ4n) is 3.02. The molecule has 3 N–H and O–H groups in total. The van der Waals surface area contributed by atoms with Gasteiger partial charge in [0.05, 0.1) is 12.0 Å². The average molecular weight is 448 g/mol. The number of ether oxygens (including phenoxy) is 1. The van der Waals surface area contributed by atoms with Crippen LogP contribution in [-0.2, 0) is 9.53 Å². The summed E-state index contributed by atoms with van der Waals surface area (Å²) in [5.74, 6) is -1.50. The van der Waals surface area contributed by atoms with E-state index in [0.717, 1.165) is 0 Å². The third-order valence-corrected chi connectivity index (χ3v) is 4.87. The summed E-state index contributed by atoms with van der Waals surface area (Å²) in [6, 6.07) is 5.77. The van der Waals surface area contributed by atoms with Crippen LogP contribution >= 0.6 is 0 Å². The number of rotatable bonds is 10. The van der Waals surface area contributed by atoms with Crippen molar-refractivity contribution >= 4 is 17.6 Å². The molecular formula is C25H34FNO5. The molecule has 0 aliphatic carbocycles. The number of aliphatic hydroxyl groups is 1. The van der Waals surface area contributed by atoms with Gasteiger partial charge in [0, 0.05) is 11.6 Å². The largest absolute Gasteiger partial charge is 0.481 e. The molecule has 0 spiro atoms. The quantitative estimate of drug-likeness (QED) is 0.434. The third kappa shape index (κ3) is 8.67. The van der Waals surface area contributed by atoms with Gasteiger partial charge < -0.3 is 20.3 Å². The van der Waals surface area contributed by atoms with Crippen LogP contribution in [0.1, 0.15) is 53.0 Å². The Balaban J connectivity index is 3.15. The van der Waals surface area contributed by atoms with Gasteiger partial charge in [-0.1, -0.05) is 43.0 Å². The molecule has 0 radical (unpaired) electrons. The Labute approximate surface area is 189 Å². The second-order valence-corrected chi connectivity index (χ2v) is 9.05. The summed E-state index contributed by atoms with van der Waals surface area (Å²) in [4.78, 5) is 24.0. The maximum absolute atomic E-state index is 14.0. The molecule has 0 aromatic heterocycles. The summed E-state index contributed by atoms with van der Waals surface area (Å²) in [7, 11) is 0. The lowest BCUT2D eigenvalue weighted by atomic mass is 9.82. The Morgan fingerprint density at radius 3 is 2.34 bits per heavy atom. The number of nitrogens with one attached hydrogen (secondary N) is 1. The van der Waals surface area contributed by atoms with Gasteiger partial charge in [0.15, 0.2) is 0 Å². The fourth-order valence-corrected chi connectivity index (χ4v) is 3.02. The molecule has 32 heavy (non-hydrogen) atoms. The second kappa shape index (κ2) is 11.6. The molecule has 0 fully saturated rings. The average Bonchev–Trinajstić information content (AvgIpc) is 2.69. The van der Waals surface area contributed by atoms with E-state index in [9.17, 15) is 24.2 Å². The van der Waals surface area contributed by atoms with Crippen LogP contribution in [0.3, 0.4) is 0 Å². The van der Waals surface area contributed by atoms with E-state index in [2.05, 4.69) is 11.9 Å². The predicted molar refractivity (Wildman–Crippen MR) is 124 cm³/mol. The minimum Gasteiger partial charge on any atom is -0.481 e. The van der Waals surface area contributed by atoms with Crippen LogP contribution in [0.15, 0.2) is 54.6 Å². The molecule has 1 aromatic carbocycles. The lowest BCUT2D eigenvalue weighted by Crippen LogP contribution is -2.44. The van der Waals surface area contributed by atoms with Crippen molar-refractivity contribution in [3.05, 3.63) is 66.0 Å². The number of aliphatic carboxylic acids is 1. The maximum Gasteiger partial charge on any atom is 0.407 e. The first kappa shape index (κ1) is 27.1. The van der Waals surface area contributed by atoms with Crippen LogP contribution < -0.4 is 5.32 Å². The molecule has 6 nitrogen and oxygen atoms in total. The van der Waals surface area contributed by atoms with Crippen LogP contribution in [0.5, 0.6) is 0 Å². The summed E-state index contributed by atoms with van der Waals surface area (Å²) in [5.41, 5.74) is -0.310. The van der Waals surface area contributed by atoms with Gasteiger partial charge in [0.25, 0.3) is 0 Å². The van der Waals surface area contributed by atoms with Crippen molar-refractivity contribution in [2.45, 2.75) is 59.1 Å². The molecule has 0 bridgehead atoms. The number of aliphatic hydroxyl groups excluding tert-OH is 1. The van der Waals surface area contributed by atoms with Gasteiger partial charge in [-0.25, -0.2) is 9.18 Å². The van der Waals surface area contributed by atoms with Gasteiger partial charge in [-0.15, -0.1) is 0 Å². The minimum absolute atomic E-state index is 0.0285. The van der Waals surface area contributed by atoms with Gasteiger partial charge in [-0.3, -0.25) is 4.79 Å². The highest BCUT2D eigenvalue weighted by Crippen LogP contribution is 2.27. The van der Waals surface area contributed by atoms with E-state index in [1.54, 1.807) is 64.1 Å². The van der Waals surface area contributed by atoms with Crippen molar-refractivity contribution in [2.75, 3.05) is 6.61 Å². The summed E-state index contributed by atoms with van der Waals surface area (Å²) < 4.78 is 19.3. The van der Waals surface area contributed by atoms with E-state index >= 15 is 0 Å². The van der Waals surface area contributed by atoms with Crippen molar-refractivity contribution < 1.29 is 28.9 Å². The molecule has 1 amide bonds. The molecule has 0 aliphatic rings. The van der Waals surface area contributed by atoms with Gasteiger partial charge in [-0.2, -0.15) is 0 Å². The number of halogens is 1. The van der Waals surface area contributed by atoms with Crippen molar-refractivity contribution in [3.63, 3.8) is 0 Å². The van der Waals surface area contributed by atoms with Crippen LogP contribution in [0.4, 0.5) is 9.18 Å². The zero-order valence-electron chi connectivity index (χ0n) is 19.4. The number of hydrogen-bond acceptors (Lipinski definition) is 4. The molecule has 0 saturated heterocycles. The number of hydrogen-bond donors (Lipinski definition) is 3. The van der Waals surface area contributed by atoms with E-state index in [0.29, 0.717) is 16.7 Å². The number of carboxylic acids is 1. The third-order valence-electron chi connectivity index (χ3n) is 4.87. The topological polar surface area (TPSA) is 95.9 Å². The lowest BCUT2D eigenvalue weighted by molar-refractivity contribution is -0.151. The van der Waals surface area contributed by atoms with E-state index in [-0.39, 0.29) is 18.7 Å². The van der Waals surface area contributed by atoms with E-state index in [4.69, 9.17) is 4.74 Å². The first-order valence-electron chi connectivity index (χ1n) is 10.4. The van der Waals surface area contributed by atoms with Gasteiger partial charge in [0.2, 0.25) is 0 Å². The highest BCUT2D eigenvalue weighted by atomic mass is 19.1. The molecule has 0 saturated carbocycles. The van der Waals surface area contributed by atoms with Gasteiger partial charge in [-0.05, 0) is 64.7 Å². The fraction of sp³-hybridized carbons (Fsp3) is 0.440. The summed E-state index contributed by atoms with van der Waals surface area (Å²) in [6.07, 6.45) is 4.60. The monoisotopic (exact) mass is 447 g/mol. The molecular weight excluding hydrogens is 413 g/mol. The summed E-state index contributed by atoms with van der Waals surface area (Å²) in [5, 5.41) is 21.9. The smallest absolute Gasteiger partial charge is 0.407 e. The van der Waals surface area contributed by atoms with Crippen LogP contribution in [0.2, 0.25) is 0 Å². The molecule has 7 heteroatoms. The van der Waals surface area contributed by atoms with E-state index in [1.807, 2.05) is 0 Å². The van der Waals surface area contributed by atoms with Crippen LogP contribution in [-0.4, -0.2) is 40.5 Å².